The molecule has 0 saturated carbocycles. The Kier molecular flexibility index (Phi) is 7.05. The minimum absolute atomic E-state index is 0.342. The lowest BCUT2D eigenvalue weighted by molar-refractivity contribution is 0.346. The number of nitrogens with zero attached hydrogens (tertiary/aromatic N) is 2. The van der Waals surface area contributed by atoms with E-state index in [2.05, 4.69) is 17.2 Å². The lowest BCUT2D eigenvalue weighted by Crippen LogP contribution is -2.35. The first-order valence-corrected chi connectivity index (χ1v) is 10.1. The van der Waals surface area contributed by atoms with Crippen LogP contribution in [0.2, 0.25) is 0 Å². The van der Waals surface area contributed by atoms with Gasteiger partial charge in [0.15, 0.2) is 5.96 Å². The van der Waals surface area contributed by atoms with E-state index in [1.54, 1.807) is 22.5 Å². The first-order chi connectivity index (χ1) is 11.5. The van der Waals surface area contributed by atoms with E-state index in [4.69, 9.17) is 5.73 Å². The number of nitrogens with one attached hydrogen (secondary N) is 1. The molecule has 0 amide bonds. The van der Waals surface area contributed by atoms with Gasteiger partial charge in [0, 0.05) is 19.6 Å². The highest BCUT2D eigenvalue weighted by molar-refractivity contribution is 7.89. The first-order valence-electron chi connectivity index (χ1n) is 8.67. The standard InChI is InChI=1S/C17H28N4O2S/c1-2-3-10-19-17(18)20-14-15-8-7-9-16(13-15)24(22,23)21-11-5-4-6-12-21/h7-9,13H,2-6,10-12,14H2,1H3,(H3,18,19,20). The zero-order valence-corrected chi connectivity index (χ0v) is 15.2. The minimum Gasteiger partial charge on any atom is -0.370 e. The molecule has 0 spiro atoms. The summed E-state index contributed by atoms with van der Waals surface area (Å²) in [5.74, 6) is 0.396. The maximum atomic E-state index is 12.7. The van der Waals surface area contributed by atoms with Crippen LogP contribution in [0.25, 0.3) is 0 Å². The fourth-order valence-corrected chi connectivity index (χ4v) is 4.27. The molecule has 0 radical (unpaired) electrons. The van der Waals surface area contributed by atoms with Crippen LogP contribution < -0.4 is 11.1 Å². The van der Waals surface area contributed by atoms with E-state index in [0.717, 1.165) is 44.2 Å². The Hall–Kier alpha value is -1.60. The Morgan fingerprint density at radius 3 is 2.75 bits per heavy atom. The highest BCUT2D eigenvalue weighted by Crippen LogP contribution is 2.21. The number of hydrogen-bond donors (Lipinski definition) is 2. The number of hydrogen-bond acceptors (Lipinski definition) is 3. The highest BCUT2D eigenvalue weighted by Gasteiger charge is 2.25. The topological polar surface area (TPSA) is 87.8 Å². The van der Waals surface area contributed by atoms with Crippen molar-refractivity contribution in [1.82, 2.24) is 9.62 Å². The molecule has 134 valence electrons. The molecule has 1 aliphatic rings. The van der Waals surface area contributed by atoms with Crippen molar-refractivity contribution in [2.24, 2.45) is 10.7 Å². The Labute approximate surface area is 145 Å². The molecule has 1 fully saturated rings. The molecule has 7 heteroatoms. The van der Waals surface area contributed by atoms with Crippen LogP contribution in [0.15, 0.2) is 34.2 Å². The van der Waals surface area contributed by atoms with Crippen LogP contribution in [0.1, 0.15) is 44.6 Å². The van der Waals surface area contributed by atoms with Gasteiger partial charge in [-0.05, 0) is 37.0 Å². The summed E-state index contributed by atoms with van der Waals surface area (Å²) in [5, 5.41) is 3.05. The van der Waals surface area contributed by atoms with Crippen LogP contribution >= 0.6 is 0 Å². The van der Waals surface area contributed by atoms with Gasteiger partial charge in [-0.2, -0.15) is 4.31 Å². The summed E-state index contributed by atoms with van der Waals surface area (Å²) in [7, 11) is -3.40. The van der Waals surface area contributed by atoms with Gasteiger partial charge in [-0.3, -0.25) is 0 Å². The Morgan fingerprint density at radius 2 is 2.04 bits per heavy atom. The van der Waals surface area contributed by atoms with Crippen LogP contribution in [0.5, 0.6) is 0 Å². The lowest BCUT2D eigenvalue weighted by Gasteiger charge is -2.26. The van der Waals surface area contributed by atoms with Crippen molar-refractivity contribution in [3.05, 3.63) is 29.8 Å². The number of guanidine groups is 1. The van der Waals surface area contributed by atoms with Gasteiger partial charge in [0.1, 0.15) is 0 Å². The van der Waals surface area contributed by atoms with Crippen LogP contribution in [-0.4, -0.2) is 38.3 Å². The number of aliphatic imine (C=N–C) groups is 1. The second kappa shape index (κ2) is 9.03. The molecule has 1 aromatic rings. The van der Waals surface area contributed by atoms with Gasteiger partial charge in [0.2, 0.25) is 10.0 Å². The van der Waals surface area contributed by atoms with E-state index in [1.165, 1.54) is 0 Å². The summed E-state index contributed by atoms with van der Waals surface area (Å²) in [6, 6.07) is 6.99. The van der Waals surface area contributed by atoms with E-state index in [9.17, 15) is 8.42 Å². The molecule has 3 N–H and O–H groups in total. The molecule has 0 bridgehead atoms. The molecule has 1 aliphatic heterocycles. The lowest BCUT2D eigenvalue weighted by atomic mass is 10.2. The van der Waals surface area contributed by atoms with Crippen molar-refractivity contribution < 1.29 is 8.42 Å². The van der Waals surface area contributed by atoms with Crippen molar-refractivity contribution in [1.29, 1.82) is 0 Å². The summed E-state index contributed by atoms with van der Waals surface area (Å²) < 4.78 is 27.0. The summed E-state index contributed by atoms with van der Waals surface area (Å²) >= 11 is 0. The third-order valence-electron chi connectivity index (χ3n) is 4.12. The van der Waals surface area contributed by atoms with E-state index in [0.29, 0.717) is 30.5 Å². The van der Waals surface area contributed by atoms with Gasteiger partial charge in [0.25, 0.3) is 0 Å². The van der Waals surface area contributed by atoms with Gasteiger partial charge in [-0.1, -0.05) is 31.9 Å². The van der Waals surface area contributed by atoms with Gasteiger partial charge in [-0.25, -0.2) is 13.4 Å². The molecule has 0 atom stereocenters. The van der Waals surface area contributed by atoms with Gasteiger partial charge < -0.3 is 11.1 Å². The van der Waals surface area contributed by atoms with E-state index in [-0.39, 0.29) is 0 Å². The minimum atomic E-state index is -3.40. The van der Waals surface area contributed by atoms with Crippen molar-refractivity contribution in [3.63, 3.8) is 0 Å². The second-order valence-electron chi connectivity index (χ2n) is 6.09. The first kappa shape index (κ1) is 18.7. The van der Waals surface area contributed by atoms with Crippen LogP contribution in [0, 0.1) is 0 Å². The largest absolute Gasteiger partial charge is 0.370 e. The molecule has 0 aliphatic carbocycles. The molecule has 1 heterocycles. The van der Waals surface area contributed by atoms with Crippen molar-refractivity contribution in [2.45, 2.75) is 50.5 Å². The molecule has 0 unspecified atom stereocenters. The molecule has 1 aromatic carbocycles. The number of benzene rings is 1. The van der Waals surface area contributed by atoms with Crippen molar-refractivity contribution in [3.8, 4) is 0 Å². The normalized spacial score (nSPS) is 17.0. The maximum Gasteiger partial charge on any atom is 0.243 e. The molecular weight excluding hydrogens is 324 g/mol. The van der Waals surface area contributed by atoms with E-state index < -0.39 is 10.0 Å². The average Bonchev–Trinajstić information content (AvgIpc) is 2.61. The van der Waals surface area contributed by atoms with Crippen molar-refractivity contribution in [2.75, 3.05) is 19.6 Å². The third kappa shape index (κ3) is 5.21. The average molecular weight is 353 g/mol. The number of sulfonamides is 1. The number of rotatable bonds is 7. The third-order valence-corrected chi connectivity index (χ3v) is 6.01. The Bertz CT molecular complexity index is 652. The number of piperidine rings is 1. The Morgan fingerprint density at radius 1 is 1.29 bits per heavy atom. The smallest absolute Gasteiger partial charge is 0.243 e. The molecule has 6 nitrogen and oxygen atoms in total. The summed E-state index contributed by atoms with van der Waals surface area (Å²) in [6.45, 7) is 4.50. The van der Waals surface area contributed by atoms with Crippen LogP contribution in [0.3, 0.4) is 0 Å². The number of unbranched alkanes of at least 4 members (excludes halogenated alkanes) is 1. The van der Waals surface area contributed by atoms with E-state index >= 15 is 0 Å². The fourth-order valence-electron chi connectivity index (χ4n) is 2.68. The van der Waals surface area contributed by atoms with Crippen LogP contribution in [-0.2, 0) is 16.6 Å². The molecular formula is C17H28N4O2S. The van der Waals surface area contributed by atoms with Crippen LogP contribution in [0.4, 0.5) is 0 Å². The fraction of sp³-hybridized carbons (Fsp3) is 0.588. The monoisotopic (exact) mass is 352 g/mol. The molecule has 2 rings (SSSR count). The summed E-state index contributed by atoms with van der Waals surface area (Å²) in [6.07, 6.45) is 5.11. The number of nitrogens with two attached hydrogens (primary N) is 1. The van der Waals surface area contributed by atoms with E-state index in [1.807, 2.05) is 6.07 Å². The van der Waals surface area contributed by atoms with Gasteiger partial charge in [-0.15, -0.1) is 0 Å². The zero-order valence-electron chi connectivity index (χ0n) is 14.4. The molecule has 1 saturated heterocycles. The molecule has 24 heavy (non-hydrogen) atoms. The quantitative estimate of drug-likeness (QED) is 0.447. The second-order valence-corrected chi connectivity index (χ2v) is 8.03. The Balaban J connectivity index is 2.04. The summed E-state index contributed by atoms with van der Waals surface area (Å²) in [4.78, 5) is 4.62. The van der Waals surface area contributed by atoms with Gasteiger partial charge >= 0.3 is 0 Å². The van der Waals surface area contributed by atoms with Gasteiger partial charge in [0.05, 0.1) is 11.4 Å². The highest BCUT2D eigenvalue weighted by atomic mass is 32.2. The predicted octanol–water partition coefficient (Wildman–Crippen LogP) is 2.07. The summed E-state index contributed by atoms with van der Waals surface area (Å²) in [5.41, 5.74) is 6.66. The SMILES string of the molecule is CCCCNC(N)=NCc1cccc(S(=O)(=O)N2CCCCC2)c1. The van der Waals surface area contributed by atoms with Crippen molar-refractivity contribution >= 4 is 16.0 Å². The maximum absolute atomic E-state index is 12.7. The molecule has 0 aromatic heterocycles. The zero-order chi connectivity index (χ0) is 17.4. The predicted molar refractivity (Wildman–Crippen MR) is 97.3 cm³/mol.